The summed E-state index contributed by atoms with van der Waals surface area (Å²) in [5.74, 6) is 0.867. The maximum Gasteiger partial charge on any atom is 0.221 e. The van der Waals surface area contributed by atoms with Gasteiger partial charge >= 0.3 is 0 Å². The lowest BCUT2D eigenvalue weighted by atomic mass is 9.87. The van der Waals surface area contributed by atoms with Crippen molar-refractivity contribution in [2.24, 2.45) is 0 Å². The SMILES string of the molecule is CCC(=O)NC(C)(CCCNC1CCc2cccc(OC)c2C1)NC(=O)CC. The molecule has 1 aliphatic rings. The fourth-order valence-electron chi connectivity index (χ4n) is 3.82. The Morgan fingerprint density at radius 3 is 2.46 bits per heavy atom. The normalized spacial score (nSPS) is 16.2. The van der Waals surface area contributed by atoms with Gasteiger partial charge in [-0.2, -0.15) is 0 Å². The Balaban J connectivity index is 1.85. The first kappa shape index (κ1) is 22.2. The van der Waals surface area contributed by atoms with Gasteiger partial charge in [-0.05, 0) is 62.8 Å². The van der Waals surface area contributed by atoms with Crippen molar-refractivity contribution in [3.8, 4) is 5.75 Å². The van der Waals surface area contributed by atoms with Crippen molar-refractivity contribution in [1.82, 2.24) is 16.0 Å². The average molecular weight is 390 g/mol. The van der Waals surface area contributed by atoms with Gasteiger partial charge in [0.25, 0.3) is 0 Å². The number of ether oxygens (including phenoxy) is 1. The summed E-state index contributed by atoms with van der Waals surface area (Å²) in [4.78, 5) is 23.7. The first-order valence-electron chi connectivity index (χ1n) is 10.4. The highest BCUT2D eigenvalue weighted by Crippen LogP contribution is 2.29. The van der Waals surface area contributed by atoms with Crippen LogP contribution in [0.3, 0.4) is 0 Å². The molecule has 3 N–H and O–H groups in total. The van der Waals surface area contributed by atoms with Gasteiger partial charge in [-0.1, -0.05) is 26.0 Å². The largest absolute Gasteiger partial charge is 0.496 e. The summed E-state index contributed by atoms with van der Waals surface area (Å²) in [6.45, 7) is 6.35. The van der Waals surface area contributed by atoms with Crippen molar-refractivity contribution in [1.29, 1.82) is 0 Å². The molecular formula is C22H35N3O3. The smallest absolute Gasteiger partial charge is 0.221 e. The molecule has 0 spiro atoms. The van der Waals surface area contributed by atoms with Gasteiger partial charge in [0, 0.05) is 18.9 Å². The van der Waals surface area contributed by atoms with Gasteiger partial charge in [-0.25, -0.2) is 0 Å². The third-order valence-corrected chi connectivity index (χ3v) is 5.42. The Morgan fingerprint density at radius 1 is 1.18 bits per heavy atom. The van der Waals surface area contributed by atoms with E-state index in [1.807, 2.05) is 26.8 Å². The maximum atomic E-state index is 11.9. The topological polar surface area (TPSA) is 79.5 Å². The molecule has 6 heteroatoms. The number of carbonyl (C=O) groups excluding carboxylic acids is 2. The number of carbonyl (C=O) groups is 2. The lowest BCUT2D eigenvalue weighted by molar-refractivity contribution is -0.126. The second kappa shape index (κ2) is 10.5. The molecule has 0 radical (unpaired) electrons. The average Bonchev–Trinajstić information content (AvgIpc) is 2.70. The fraction of sp³-hybridized carbons (Fsp3) is 0.636. The summed E-state index contributed by atoms with van der Waals surface area (Å²) in [7, 11) is 1.72. The first-order valence-corrected chi connectivity index (χ1v) is 10.4. The third kappa shape index (κ3) is 6.23. The zero-order chi connectivity index (χ0) is 20.6. The standard InChI is InChI=1S/C22H35N3O3/c1-5-20(26)24-22(3,25-21(27)6-2)13-8-14-23-17-12-11-16-9-7-10-19(28-4)18(16)15-17/h7,9-10,17,23H,5-6,8,11-15H2,1-4H3,(H,24,26)(H,25,27). The van der Waals surface area contributed by atoms with Crippen LogP contribution in [0.25, 0.3) is 0 Å². The van der Waals surface area contributed by atoms with Crippen molar-refractivity contribution < 1.29 is 14.3 Å². The molecule has 0 saturated heterocycles. The van der Waals surface area contributed by atoms with Crippen molar-refractivity contribution in [2.45, 2.75) is 77.4 Å². The minimum atomic E-state index is -0.704. The van der Waals surface area contributed by atoms with E-state index in [1.165, 1.54) is 11.1 Å². The Hall–Kier alpha value is -2.08. The van der Waals surface area contributed by atoms with Gasteiger partial charge in [-0.3, -0.25) is 9.59 Å². The fourth-order valence-corrected chi connectivity index (χ4v) is 3.82. The molecule has 1 unspecified atom stereocenters. The van der Waals surface area contributed by atoms with Crippen LogP contribution in [0, 0.1) is 0 Å². The number of methoxy groups -OCH3 is 1. The van der Waals surface area contributed by atoms with Crippen molar-refractivity contribution in [3.63, 3.8) is 0 Å². The zero-order valence-electron chi connectivity index (χ0n) is 17.7. The highest BCUT2D eigenvalue weighted by Gasteiger charge is 2.27. The highest BCUT2D eigenvalue weighted by molar-refractivity contribution is 5.79. The number of nitrogens with one attached hydrogen (secondary N) is 3. The molecule has 0 saturated carbocycles. The van der Waals surface area contributed by atoms with E-state index in [-0.39, 0.29) is 11.8 Å². The molecular weight excluding hydrogens is 354 g/mol. The summed E-state index contributed by atoms with van der Waals surface area (Å²) >= 11 is 0. The molecule has 0 bridgehead atoms. The van der Waals surface area contributed by atoms with E-state index in [0.29, 0.717) is 25.3 Å². The van der Waals surface area contributed by atoms with E-state index < -0.39 is 5.66 Å². The number of rotatable bonds is 10. The number of amides is 2. The lowest BCUT2D eigenvalue weighted by Gasteiger charge is -2.32. The lowest BCUT2D eigenvalue weighted by Crippen LogP contribution is -2.58. The molecule has 1 aromatic carbocycles. The van der Waals surface area contributed by atoms with E-state index in [9.17, 15) is 9.59 Å². The molecule has 0 aliphatic heterocycles. The summed E-state index contributed by atoms with van der Waals surface area (Å²) in [6.07, 6.45) is 5.48. The second-order valence-electron chi connectivity index (χ2n) is 7.73. The Kier molecular flexibility index (Phi) is 8.30. The molecule has 1 aromatic rings. The van der Waals surface area contributed by atoms with Crippen LogP contribution >= 0.6 is 0 Å². The molecule has 28 heavy (non-hydrogen) atoms. The summed E-state index contributed by atoms with van der Waals surface area (Å²) in [5.41, 5.74) is 1.99. The van der Waals surface area contributed by atoms with E-state index in [1.54, 1.807) is 7.11 Å². The number of aryl methyl sites for hydroxylation is 1. The van der Waals surface area contributed by atoms with E-state index >= 15 is 0 Å². The van der Waals surface area contributed by atoms with Crippen LogP contribution in [0.5, 0.6) is 5.75 Å². The van der Waals surface area contributed by atoms with Crippen LogP contribution in [0.15, 0.2) is 18.2 Å². The molecule has 1 aliphatic carbocycles. The van der Waals surface area contributed by atoms with Crippen LogP contribution in [0.4, 0.5) is 0 Å². The molecule has 1 atom stereocenters. The number of hydrogen-bond acceptors (Lipinski definition) is 4. The van der Waals surface area contributed by atoms with Crippen LogP contribution in [-0.4, -0.2) is 37.2 Å². The number of fused-ring (bicyclic) bond motifs is 1. The predicted molar refractivity (Wildman–Crippen MR) is 111 cm³/mol. The Bertz CT molecular complexity index is 643. The Labute approximate surface area is 168 Å². The summed E-state index contributed by atoms with van der Waals surface area (Å²) in [6, 6.07) is 6.69. The van der Waals surface area contributed by atoms with Crippen LogP contribution in [0.2, 0.25) is 0 Å². The van der Waals surface area contributed by atoms with Gasteiger partial charge in [0.15, 0.2) is 0 Å². The van der Waals surface area contributed by atoms with Gasteiger partial charge in [0.05, 0.1) is 7.11 Å². The van der Waals surface area contributed by atoms with E-state index in [2.05, 4.69) is 28.1 Å². The maximum absolute atomic E-state index is 11.9. The molecule has 0 heterocycles. The van der Waals surface area contributed by atoms with Gasteiger partial charge in [0.1, 0.15) is 11.4 Å². The first-order chi connectivity index (χ1) is 13.4. The highest BCUT2D eigenvalue weighted by atomic mass is 16.5. The van der Waals surface area contributed by atoms with Crippen LogP contribution in [-0.2, 0) is 22.4 Å². The molecule has 6 nitrogen and oxygen atoms in total. The Morgan fingerprint density at radius 2 is 1.86 bits per heavy atom. The minimum Gasteiger partial charge on any atom is -0.496 e. The second-order valence-corrected chi connectivity index (χ2v) is 7.73. The van der Waals surface area contributed by atoms with Gasteiger partial charge in [0.2, 0.25) is 11.8 Å². The zero-order valence-corrected chi connectivity index (χ0v) is 17.7. The summed E-state index contributed by atoms with van der Waals surface area (Å²) < 4.78 is 5.52. The number of hydrogen-bond donors (Lipinski definition) is 3. The third-order valence-electron chi connectivity index (χ3n) is 5.42. The minimum absolute atomic E-state index is 0.0529. The van der Waals surface area contributed by atoms with E-state index in [0.717, 1.165) is 38.0 Å². The van der Waals surface area contributed by atoms with Crippen LogP contribution < -0.4 is 20.7 Å². The monoisotopic (exact) mass is 389 g/mol. The van der Waals surface area contributed by atoms with Crippen molar-refractivity contribution in [3.05, 3.63) is 29.3 Å². The molecule has 2 rings (SSSR count). The van der Waals surface area contributed by atoms with E-state index in [4.69, 9.17) is 4.74 Å². The van der Waals surface area contributed by atoms with Crippen molar-refractivity contribution in [2.75, 3.05) is 13.7 Å². The van der Waals surface area contributed by atoms with Gasteiger partial charge in [-0.15, -0.1) is 0 Å². The summed E-state index contributed by atoms with van der Waals surface area (Å²) in [5, 5.41) is 9.56. The molecule has 2 amide bonds. The molecule has 0 aromatic heterocycles. The molecule has 0 fully saturated rings. The van der Waals surface area contributed by atoms with Crippen molar-refractivity contribution >= 4 is 11.8 Å². The van der Waals surface area contributed by atoms with Gasteiger partial charge < -0.3 is 20.7 Å². The quantitative estimate of drug-likeness (QED) is 0.425. The number of benzene rings is 1. The van der Waals surface area contributed by atoms with Crippen LogP contribution in [0.1, 0.15) is 64.0 Å². The molecule has 156 valence electrons. The predicted octanol–water partition coefficient (Wildman–Crippen LogP) is 2.69.